The molecule has 0 atom stereocenters. The van der Waals surface area contributed by atoms with Gasteiger partial charge in [0.2, 0.25) is 0 Å². The summed E-state index contributed by atoms with van der Waals surface area (Å²) >= 11 is 12.0. The van der Waals surface area contributed by atoms with Crippen LogP contribution in [0.25, 0.3) is 10.9 Å². The molecule has 0 unspecified atom stereocenters. The predicted octanol–water partition coefficient (Wildman–Crippen LogP) is 5.61. The SMILES string of the molecule is CCOC(=O)c1cnc2cc(Cl)c(OC)cc2c1Nc1ccc(F)c(Cl)c1. The van der Waals surface area contributed by atoms with Crippen LogP contribution in [0.4, 0.5) is 15.8 Å². The Morgan fingerprint density at radius 1 is 1.22 bits per heavy atom. The molecule has 3 rings (SSSR count). The molecule has 0 bridgehead atoms. The third-order valence-electron chi connectivity index (χ3n) is 3.83. The highest BCUT2D eigenvalue weighted by atomic mass is 35.5. The summed E-state index contributed by atoms with van der Waals surface area (Å²) in [5.74, 6) is -0.662. The van der Waals surface area contributed by atoms with Gasteiger partial charge in [-0.1, -0.05) is 23.2 Å². The van der Waals surface area contributed by atoms with Gasteiger partial charge in [-0.3, -0.25) is 4.98 Å². The number of nitrogens with zero attached hydrogens (tertiary/aromatic N) is 1. The van der Waals surface area contributed by atoms with E-state index < -0.39 is 11.8 Å². The number of fused-ring (bicyclic) bond motifs is 1. The number of nitrogens with one attached hydrogen (secondary N) is 1. The molecule has 0 aliphatic rings. The van der Waals surface area contributed by atoms with Crippen LogP contribution in [-0.2, 0) is 4.74 Å². The summed E-state index contributed by atoms with van der Waals surface area (Å²) in [5.41, 5.74) is 1.68. The van der Waals surface area contributed by atoms with Crippen molar-refractivity contribution in [1.82, 2.24) is 4.98 Å². The summed E-state index contributed by atoms with van der Waals surface area (Å²) in [6, 6.07) is 7.46. The zero-order valence-corrected chi connectivity index (χ0v) is 16.0. The van der Waals surface area contributed by atoms with E-state index >= 15 is 0 Å². The fourth-order valence-corrected chi connectivity index (χ4v) is 2.98. The minimum absolute atomic E-state index is 0.0447. The lowest BCUT2D eigenvalue weighted by atomic mass is 10.1. The van der Waals surface area contributed by atoms with Crippen LogP contribution >= 0.6 is 23.2 Å². The zero-order chi connectivity index (χ0) is 19.6. The molecule has 27 heavy (non-hydrogen) atoms. The average molecular weight is 409 g/mol. The van der Waals surface area contributed by atoms with E-state index in [-0.39, 0.29) is 17.2 Å². The van der Waals surface area contributed by atoms with Crippen LogP contribution in [-0.4, -0.2) is 24.7 Å². The van der Waals surface area contributed by atoms with Crippen molar-refractivity contribution >= 4 is 51.4 Å². The van der Waals surface area contributed by atoms with Crippen molar-refractivity contribution in [2.45, 2.75) is 6.92 Å². The topological polar surface area (TPSA) is 60.5 Å². The Kier molecular flexibility index (Phi) is 5.68. The van der Waals surface area contributed by atoms with Gasteiger partial charge in [-0.05, 0) is 37.3 Å². The molecule has 5 nitrogen and oxygen atoms in total. The van der Waals surface area contributed by atoms with Gasteiger partial charge in [-0.2, -0.15) is 0 Å². The summed E-state index contributed by atoms with van der Waals surface area (Å²) in [4.78, 5) is 16.7. The molecule has 0 saturated carbocycles. The second-order valence-electron chi connectivity index (χ2n) is 5.53. The number of esters is 1. The first-order chi connectivity index (χ1) is 12.9. The molecule has 0 fully saturated rings. The van der Waals surface area contributed by atoms with E-state index in [0.29, 0.717) is 33.0 Å². The molecule has 0 aliphatic carbocycles. The number of pyridine rings is 1. The largest absolute Gasteiger partial charge is 0.495 e. The first-order valence-electron chi connectivity index (χ1n) is 8.00. The molecule has 0 saturated heterocycles. The Morgan fingerprint density at radius 3 is 2.67 bits per heavy atom. The molecular weight excluding hydrogens is 394 g/mol. The summed E-state index contributed by atoms with van der Waals surface area (Å²) in [6.45, 7) is 1.92. The highest BCUT2D eigenvalue weighted by Gasteiger charge is 2.19. The Hall–Kier alpha value is -2.57. The average Bonchev–Trinajstić information content (AvgIpc) is 2.64. The highest BCUT2D eigenvalue weighted by Crippen LogP contribution is 2.36. The Labute approximate surface area is 165 Å². The number of methoxy groups -OCH3 is 1. The van der Waals surface area contributed by atoms with Gasteiger partial charge in [-0.15, -0.1) is 0 Å². The number of rotatable bonds is 5. The summed E-state index contributed by atoms with van der Waals surface area (Å²) in [6.07, 6.45) is 1.40. The molecule has 8 heteroatoms. The number of carbonyl (C=O) groups is 1. The minimum atomic E-state index is -0.545. The van der Waals surface area contributed by atoms with E-state index in [1.165, 1.54) is 31.5 Å². The van der Waals surface area contributed by atoms with Crippen molar-refractivity contribution in [1.29, 1.82) is 0 Å². The van der Waals surface area contributed by atoms with Crippen LogP contribution in [0.5, 0.6) is 5.75 Å². The van der Waals surface area contributed by atoms with Crippen LogP contribution < -0.4 is 10.1 Å². The lowest BCUT2D eigenvalue weighted by Crippen LogP contribution is -2.09. The fourth-order valence-electron chi connectivity index (χ4n) is 2.57. The van der Waals surface area contributed by atoms with Crippen molar-refractivity contribution in [2.24, 2.45) is 0 Å². The minimum Gasteiger partial charge on any atom is -0.495 e. The molecule has 1 N–H and O–H groups in total. The van der Waals surface area contributed by atoms with Crippen molar-refractivity contribution in [3.63, 3.8) is 0 Å². The number of anilines is 2. The molecule has 0 spiro atoms. The van der Waals surface area contributed by atoms with E-state index in [2.05, 4.69) is 10.3 Å². The maximum absolute atomic E-state index is 13.5. The maximum atomic E-state index is 13.5. The molecule has 1 aromatic heterocycles. The van der Waals surface area contributed by atoms with Gasteiger partial charge in [0.05, 0.1) is 35.0 Å². The van der Waals surface area contributed by atoms with E-state index in [1.807, 2.05) is 0 Å². The van der Waals surface area contributed by atoms with Gasteiger partial charge < -0.3 is 14.8 Å². The lowest BCUT2D eigenvalue weighted by Gasteiger charge is -2.15. The first kappa shape index (κ1) is 19.2. The Balaban J connectivity index is 2.21. The third kappa shape index (κ3) is 3.91. The number of halogens is 3. The summed E-state index contributed by atoms with van der Waals surface area (Å²) < 4.78 is 23.8. The van der Waals surface area contributed by atoms with Crippen LogP contribution in [0.2, 0.25) is 10.0 Å². The zero-order valence-electron chi connectivity index (χ0n) is 14.5. The number of aromatic nitrogens is 1. The molecule has 0 aliphatic heterocycles. The number of carbonyl (C=O) groups excluding carboxylic acids is 1. The standard InChI is InChI=1S/C19H15Cl2FN2O3/c1-3-27-19(25)12-9-23-16-8-14(21)17(26-2)7-11(16)18(12)24-10-4-5-15(22)13(20)6-10/h4-9H,3H2,1-2H3,(H,23,24). The Morgan fingerprint density at radius 2 is 2.00 bits per heavy atom. The monoisotopic (exact) mass is 408 g/mol. The predicted molar refractivity (Wildman–Crippen MR) is 104 cm³/mol. The Bertz CT molecular complexity index is 1030. The molecule has 0 radical (unpaired) electrons. The number of ether oxygens (including phenoxy) is 2. The van der Waals surface area contributed by atoms with Crippen LogP contribution in [0.3, 0.4) is 0 Å². The van der Waals surface area contributed by atoms with Crippen molar-refractivity contribution in [3.8, 4) is 5.75 Å². The molecule has 140 valence electrons. The van der Waals surface area contributed by atoms with Crippen LogP contribution in [0, 0.1) is 5.82 Å². The maximum Gasteiger partial charge on any atom is 0.341 e. The molecule has 2 aromatic carbocycles. The van der Waals surface area contributed by atoms with Gasteiger partial charge in [-0.25, -0.2) is 9.18 Å². The fraction of sp³-hybridized carbons (Fsp3) is 0.158. The molecule has 3 aromatic rings. The highest BCUT2D eigenvalue weighted by molar-refractivity contribution is 6.33. The smallest absolute Gasteiger partial charge is 0.341 e. The molecule has 1 heterocycles. The van der Waals surface area contributed by atoms with E-state index in [1.54, 1.807) is 19.1 Å². The van der Waals surface area contributed by atoms with E-state index in [0.717, 1.165) is 0 Å². The van der Waals surface area contributed by atoms with Crippen LogP contribution in [0.1, 0.15) is 17.3 Å². The van der Waals surface area contributed by atoms with E-state index in [4.69, 9.17) is 32.7 Å². The van der Waals surface area contributed by atoms with Gasteiger partial charge in [0.25, 0.3) is 0 Å². The van der Waals surface area contributed by atoms with Crippen molar-refractivity contribution < 1.29 is 18.7 Å². The summed E-state index contributed by atoms with van der Waals surface area (Å²) in [7, 11) is 1.49. The van der Waals surface area contributed by atoms with Crippen molar-refractivity contribution in [2.75, 3.05) is 19.0 Å². The molecular formula is C19H15Cl2FN2O3. The van der Waals surface area contributed by atoms with Crippen LogP contribution in [0.15, 0.2) is 36.5 Å². The lowest BCUT2D eigenvalue weighted by molar-refractivity contribution is 0.0527. The molecule has 0 amide bonds. The second kappa shape index (κ2) is 7.98. The quantitative estimate of drug-likeness (QED) is 0.555. The number of benzene rings is 2. The second-order valence-corrected chi connectivity index (χ2v) is 6.34. The normalized spacial score (nSPS) is 10.7. The number of hydrogen-bond donors (Lipinski definition) is 1. The number of hydrogen-bond acceptors (Lipinski definition) is 5. The first-order valence-corrected chi connectivity index (χ1v) is 8.75. The van der Waals surface area contributed by atoms with Gasteiger partial charge in [0.1, 0.15) is 17.1 Å². The van der Waals surface area contributed by atoms with Gasteiger partial charge >= 0.3 is 5.97 Å². The van der Waals surface area contributed by atoms with Crippen molar-refractivity contribution in [3.05, 3.63) is 58.0 Å². The van der Waals surface area contributed by atoms with Gasteiger partial charge in [0.15, 0.2) is 0 Å². The van der Waals surface area contributed by atoms with E-state index in [9.17, 15) is 9.18 Å². The van der Waals surface area contributed by atoms with Gasteiger partial charge in [0, 0.05) is 17.3 Å². The third-order valence-corrected chi connectivity index (χ3v) is 4.41. The summed E-state index contributed by atoms with van der Waals surface area (Å²) in [5, 5.41) is 4.03.